The van der Waals surface area contributed by atoms with Gasteiger partial charge in [0.1, 0.15) is 9.23 Å². The zero-order valence-corrected chi connectivity index (χ0v) is 17.4. The van der Waals surface area contributed by atoms with Gasteiger partial charge in [-0.15, -0.1) is 11.3 Å². The monoisotopic (exact) mass is 455 g/mol. The molecule has 1 aliphatic rings. The predicted molar refractivity (Wildman–Crippen MR) is 108 cm³/mol. The van der Waals surface area contributed by atoms with Gasteiger partial charge in [-0.3, -0.25) is 10.1 Å². The van der Waals surface area contributed by atoms with Gasteiger partial charge in [0.05, 0.1) is 10.9 Å². The van der Waals surface area contributed by atoms with Crippen molar-refractivity contribution in [2.45, 2.75) is 23.5 Å². The standard InChI is InChI=1S/C18H17ClN2O6S2/c19-14-5-4-12(11-15(14)21(24)25)10-13(18(22)23)16-6-7-17(28-16)29(26,27)20-8-2-1-3-9-20/h4-7,10-11H,1-3,8-9H2,(H,22,23)/p-1/b13-10-. The number of carbonyl (C=O) groups excluding carboxylic acids is 1. The second-order valence-corrected chi connectivity index (χ2v) is 10.1. The van der Waals surface area contributed by atoms with Crippen LogP contribution >= 0.6 is 22.9 Å². The summed E-state index contributed by atoms with van der Waals surface area (Å²) in [7, 11) is -3.69. The Morgan fingerprint density at radius 1 is 1.17 bits per heavy atom. The number of nitro groups is 1. The molecule has 154 valence electrons. The van der Waals surface area contributed by atoms with E-state index in [1.165, 1.54) is 34.6 Å². The normalized spacial score (nSPS) is 16.0. The Morgan fingerprint density at radius 3 is 2.48 bits per heavy atom. The zero-order valence-electron chi connectivity index (χ0n) is 15.0. The van der Waals surface area contributed by atoms with Crippen LogP contribution in [-0.2, 0) is 14.8 Å². The van der Waals surface area contributed by atoms with E-state index in [4.69, 9.17) is 11.6 Å². The van der Waals surface area contributed by atoms with Gasteiger partial charge in [0.15, 0.2) is 0 Å². The Labute approximate surface area is 176 Å². The molecule has 2 aromatic rings. The van der Waals surface area contributed by atoms with Crippen LogP contribution in [0.5, 0.6) is 0 Å². The minimum atomic E-state index is -3.69. The molecule has 1 aromatic heterocycles. The van der Waals surface area contributed by atoms with E-state index in [9.17, 15) is 28.4 Å². The number of thiophene rings is 1. The molecule has 0 saturated carbocycles. The van der Waals surface area contributed by atoms with Crippen LogP contribution < -0.4 is 5.11 Å². The lowest BCUT2D eigenvalue weighted by Gasteiger charge is -2.25. The summed E-state index contributed by atoms with van der Waals surface area (Å²) in [4.78, 5) is 22.2. The van der Waals surface area contributed by atoms with E-state index in [2.05, 4.69) is 0 Å². The number of piperidine rings is 1. The second kappa shape index (κ2) is 8.62. The number of rotatable bonds is 6. The summed E-state index contributed by atoms with van der Waals surface area (Å²) < 4.78 is 27.0. The van der Waals surface area contributed by atoms with Crippen molar-refractivity contribution in [3.63, 3.8) is 0 Å². The fraction of sp³-hybridized carbons (Fsp3) is 0.278. The number of carbonyl (C=O) groups is 1. The molecule has 0 spiro atoms. The van der Waals surface area contributed by atoms with E-state index >= 15 is 0 Å². The van der Waals surface area contributed by atoms with Crippen molar-refractivity contribution >= 4 is 56.3 Å². The number of nitro benzene ring substituents is 1. The van der Waals surface area contributed by atoms with Crippen molar-refractivity contribution in [1.82, 2.24) is 4.31 Å². The van der Waals surface area contributed by atoms with Gasteiger partial charge in [-0.25, -0.2) is 8.42 Å². The van der Waals surface area contributed by atoms with Gasteiger partial charge < -0.3 is 9.90 Å². The van der Waals surface area contributed by atoms with Crippen LogP contribution in [0.1, 0.15) is 29.7 Å². The van der Waals surface area contributed by atoms with Crippen LogP contribution in [0.4, 0.5) is 5.69 Å². The predicted octanol–water partition coefficient (Wildman–Crippen LogP) is 2.77. The molecule has 1 fully saturated rings. The molecule has 11 heteroatoms. The molecule has 0 aliphatic carbocycles. The number of hydrogen-bond donors (Lipinski definition) is 0. The Hall–Kier alpha value is -2.27. The van der Waals surface area contributed by atoms with Gasteiger partial charge in [-0.2, -0.15) is 4.31 Å². The number of halogens is 1. The quantitative estimate of drug-likeness (QED) is 0.375. The number of carboxylic acid groups (broad SMARTS) is 1. The van der Waals surface area contributed by atoms with Crippen molar-refractivity contribution in [2.24, 2.45) is 0 Å². The summed E-state index contributed by atoms with van der Waals surface area (Å²) in [6, 6.07) is 6.62. The summed E-state index contributed by atoms with van der Waals surface area (Å²) in [6.45, 7) is 0.875. The number of hydrogen-bond acceptors (Lipinski definition) is 7. The largest absolute Gasteiger partial charge is 0.545 e. The fourth-order valence-electron chi connectivity index (χ4n) is 2.99. The van der Waals surface area contributed by atoms with Crippen LogP contribution in [0.15, 0.2) is 34.5 Å². The molecule has 1 aliphatic heterocycles. The first kappa shape index (κ1) is 21.4. The van der Waals surface area contributed by atoms with Gasteiger partial charge in [0.25, 0.3) is 15.7 Å². The van der Waals surface area contributed by atoms with Crippen molar-refractivity contribution in [3.8, 4) is 0 Å². The smallest absolute Gasteiger partial charge is 0.288 e. The van der Waals surface area contributed by atoms with Crippen molar-refractivity contribution < 1.29 is 23.2 Å². The summed E-state index contributed by atoms with van der Waals surface area (Å²) >= 11 is 6.60. The molecule has 8 nitrogen and oxygen atoms in total. The van der Waals surface area contributed by atoms with Crippen LogP contribution in [0, 0.1) is 10.1 Å². The molecule has 29 heavy (non-hydrogen) atoms. The highest BCUT2D eigenvalue weighted by Gasteiger charge is 2.27. The topological polar surface area (TPSA) is 121 Å². The third kappa shape index (κ3) is 4.67. The first-order chi connectivity index (χ1) is 13.7. The van der Waals surface area contributed by atoms with E-state index in [0.717, 1.165) is 36.7 Å². The molecule has 0 amide bonds. The first-order valence-corrected chi connectivity index (χ1v) is 11.3. The summed E-state index contributed by atoms with van der Waals surface area (Å²) in [5.74, 6) is -1.52. The maximum atomic E-state index is 12.8. The number of sulfonamides is 1. The van der Waals surface area contributed by atoms with Crippen molar-refractivity contribution in [1.29, 1.82) is 0 Å². The van der Waals surface area contributed by atoms with Gasteiger partial charge in [-0.05, 0) is 42.7 Å². The van der Waals surface area contributed by atoms with E-state index < -0.39 is 20.9 Å². The summed E-state index contributed by atoms with van der Waals surface area (Å²) in [6.07, 6.45) is 3.75. The molecular formula is C18H16ClN2O6S2-. The van der Waals surface area contributed by atoms with Gasteiger partial charge in [0, 0.05) is 29.6 Å². The molecule has 1 saturated heterocycles. The highest BCUT2D eigenvalue weighted by molar-refractivity contribution is 7.91. The SMILES string of the molecule is O=C([O-])/C(=C\c1ccc(Cl)c([N+](=O)[O-])c1)c1ccc(S(=O)(=O)N2CCCCC2)s1. The van der Waals surface area contributed by atoms with Crippen LogP contribution in [0.25, 0.3) is 11.6 Å². The number of nitrogens with zero attached hydrogens (tertiary/aromatic N) is 2. The summed E-state index contributed by atoms with van der Waals surface area (Å²) in [5, 5.41) is 22.6. The third-order valence-electron chi connectivity index (χ3n) is 4.45. The Kier molecular flexibility index (Phi) is 6.37. The average Bonchev–Trinajstić information content (AvgIpc) is 3.18. The Balaban J connectivity index is 1.97. The van der Waals surface area contributed by atoms with Crippen molar-refractivity contribution in [3.05, 3.63) is 55.9 Å². The molecule has 2 heterocycles. The van der Waals surface area contributed by atoms with E-state index in [1.54, 1.807) is 0 Å². The van der Waals surface area contributed by atoms with Gasteiger partial charge >= 0.3 is 0 Å². The summed E-state index contributed by atoms with van der Waals surface area (Å²) in [5.41, 5.74) is -0.404. The van der Waals surface area contributed by atoms with Gasteiger partial charge in [0.2, 0.25) is 0 Å². The molecule has 0 unspecified atom stereocenters. The molecule has 0 radical (unpaired) electrons. The lowest BCUT2D eigenvalue weighted by molar-refractivity contribution is -0.384. The molecule has 1 aromatic carbocycles. The molecule has 0 N–H and O–H groups in total. The van der Waals surface area contributed by atoms with E-state index in [-0.39, 0.29) is 30.9 Å². The first-order valence-electron chi connectivity index (χ1n) is 8.67. The van der Waals surface area contributed by atoms with Crippen LogP contribution in [0.3, 0.4) is 0 Å². The number of benzene rings is 1. The molecule has 0 bridgehead atoms. The maximum absolute atomic E-state index is 12.8. The Bertz CT molecular complexity index is 1090. The number of carboxylic acids is 1. The second-order valence-electron chi connectivity index (χ2n) is 6.40. The van der Waals surface area contributed by atoms with Crippen LogP contribution in [0.2, 0.25) is 5.02 Å². The lowest BCUT2D eigenvalue weighted by atomic mass is 10.1. The van der Waals surface area contributed by atoms with Gasteiger partial charge in [-0.1, -0.05) is 24.1 Å². The average molecular weight is 456 g/mol. The number of aliphatic carboxylic acids is 1. The molecular weight excluding hydrogens is 440 g/mol. The van der Waals surface area contributed by atoms with E-state index in [1.807, 2.05) is 0 Å². The zero-order chi connectivity index (χ0) is 21.2. The molecule has 3 rings (SSSR count). The van der Waals surface area contributed by atoms with Crippen molar-refractivity contribution in [2.75, 3.05) is 13.1 Å². The Morgan fingerprint density at radius 2 is 1.86 bits per heavy atom. The highest BCUT2D eigenvalue weighted by atomic mass is 35.5. The fourth-order valence-corrected chi connectivity index (χ4v) is 6.16. The van der Waals surface area contributed by atoms with Crippen LogP contribution in [-0.4, -0.2) is 36.7 Å². The van der Waals surface area contributed by atoms with E-state index in [0.29, 0.717) is 13.1 Å². The minimum absolute atomic E-state index is 0.0450. The third-order valence-corrected chi connectivity index (χ3v) is 8.26. The minimum Gasteiger partial charge on any atom is -0.545 e. The highest BCUT2D eigenvalue weighted by Crippen LogP contribution is 2.32. The lowest BCUT2D eigenvalue weighted by Crippen LogP contribution is -2.35. The molecule has 0 atom stereocenters. The maximum Gasteiger partial charge on any atom is 0.288 e.